The van der Waals surface area contributed by atoms with E-state index in [1.165, 1.54) is 18.4 Å². The number of benzene rings is 1. The second kappa shape index (κ2) is 7.70. The Labute approximate surface area is 161 Å². The summed E-state index contributed by atoms with van der Waals surface area (Å²) in [7, 11) is 0. The molecule has 1 aromatic carbocycles. The van der Waals surface area contributed by atoms with Crippen molar-refractivity contribution in [1.82, 2.24) is 10.2 Å². The predicted octanol–water partition coefficient (Wildman–Crippen LogP) is 5.33. The third-order valence-electron chi connectivity index (χ3n) is 3.09. The summed E-state index contributed by atoms with van der Waals surface area (Å²) in [4.78, 5) is 12.1. The van der Waals surface area contributed by atoms with Crippen LogP contribution in [0.25, 0.3) is 11.5 Å². The summed E-state index contributed by atoms with van der Waals surface area (Å²) in [5.74, 6) is 0.722. The van der Waals surface area contributed by atoms with E-state index in [4.69, 9.17) is 43.6 Å². The number of hydrogen-bond acceptors (Lipinski definition) is 6. The molecule has 6 nitrogen and oxygen atoms in total. The fourth-order valence-corrected chi connectivity index (χ4v) is 3.42. The van der Waals surface area contributed by atoms with E-state index in [0.29, 0.717) is 27.9 Å². The van der Waals surface area contributed by atoms with Crippen molar-refractivity contribution in [3.05, 3.63) is 45.3 Å². The highest BCUT2D eigenvalue weighted by molar-refractivity contribution is 7.99. The van der Waals surface area contributed by atoms with Gasteiger partial charge < -0.3 is 14.2 Å². The molecule has 1 amide bonds. The fraction of sp³-hybridized carbons (Fsp3) is 0.133. The summed E-state index contributed by atoms with van der Waals surface area (Å²) in [5.41, 5.74) is 1.02. The van der Waals surface area contributed by atoms with Crippen LogP contribution in [-0.4, -0.2) is 21.9 Å². The predicted molar refractivity (Wildman–Crippen MR) is 97.6 cm³/mol. The van der Waals surface area contributed by atoms with E-state index in [1.54, 1.807) is 13.0 Å². The zero-order valence-electron chi connectivity index (χ0n) is 12.7. The van der Waals surface area contributed by atoms with E-state index < -0.39 is 0 Å². The van der Waals surface area contributed by atoms with E-state index in [1.807, 2.05) is 0 Å². The van der Waals surface area contributed by atoms with Crippen LogP contribution in [0.5, 0.6) is 0 Å². The number of carbonyl (C=O) groups excluding carboxylic acids is 1. The zero-order chi connectivity index (χ0) is 18.0. The molecule has 1 N–H and O–H groups in total. The lowest BCUT2D eigenvalue weighted by molar-refractivity contribution is -0.113. The first-order chi connectivity index (χ1) is 11.9. The SMILES string of the molecule is Cc1occc1-c1nnc(SCC(=O)Nc2c(Cl)cc(Cl)cc2Cl)o1. The van der Waals surface area contributed by atoms with Crippen LogP contribution in [-0.2, 0) is 4.79 Å². The minimum atomic E-state index is -0.324. The molecule has 0 aliphatic carbocycles. The molecule has 2 heterocycles. The molecule has 10 heteroatoms. The third-order valence-corrected chi connectivity index (χ3v) is 4.73. The van der Waals surface area contributed by atoms with Gasteiger partial charge in [-0.15, -0.1) is 10.2 Å². The second-order valence-corrected chi connectivity index (χ2v) is 7.02. The summed E-state index contributed by atoms with van der Waals surface area (Å²) < 4.78 is 10.7. The van der Waals surface area contributed by atoms with Crippen molar-refractivity contribution >= 4 is 58.2 Å². The number of amides is 1. The minimum Gasteiger partial charge on any atom is -0.469 e. The Bertz CT molecular complexity index is 903. The smallest absolute Gasteiger partial charge is 0.277 e. The third kappa shape index (κ3) is 4.30. The number of hydrogen-bond donors (Lipinski definition) is 1. The van der Waals surface area contributed by atoms with Crippen LogP contribution in [0.3, 0.4) is 0 Å². The summed E-state index contributed by atoms with van der Waals surface area (Å²) >= 11 is 19.0. The normalized spacial score (nSPS) is 10.9. The molecule has 2 aromatic heterocycles. The van der Waals surface area contributed by atoms with Gasteiger partial charge in [-0.1, -0.05) is 46.6 Å². The molecule has 0 radical (unpaired) electrons. The number of aryl methyl sites for hydroxylation is 1. The van der Waals surface area contributed by atoms with Crippen molar-refractivity contribution in [2.45, 2.75) is 12.1 Å². The zero-order valence-corrected chi connectivity index (χ0v) is 15.8. The lowest BCUT2D eigenvalue weighted by Crippen LogP contribution is -2.14. The number of halogens is 3. The maximum Gasteiger partial charge on any atom is 0.277 e. The van der Waals surface area contributed by atoms with Gasteiger partial charge in [-0.3, -0.25) is 4.79 Å². The van der Waals surface area contributed by atoms with Gasteiger partial charge in [0.05, 0.1) is 33.3 Å². The highest BCUT2D eigenvalue weighted by Crippen LogP contribution is 2.34. The molecule has 0 saturated carbocycles. The van der Waals surface area contributed by atoms with E-state index in [2.05, 4.69) is 15.5 Å². The largest absolute Gasteiger partial charge is 0.469 e. The molecule has 25 heavy (non-hydrogen) atoms. The number of furan rings is 1. The number of carbonyl (C=O) groups is 1. The minimum absolute atomic E-state index is 0.0429. The average Bonchev–Trinajstić information content (AvgIpc) is 3.17. The molecule has 3 aromatic rings. The molecule has 0 atom stereocenters. The lowest BCUT2D eigenvalue weighted by atomic mass is 10.3. The monoisotopic (exact) mass is 417 g/mol. The maximum atomic E-state index is 12.1. The van der Waals surface area contributed by atoms with Crippen LogP contribution in [0, 0.1) is 6.92 Å². The maximum absolute atomic E-state index is 12.1. The molecule has 3 rings (SSSR count). The highest BCUT2D eigenvalue weighted by Gasteiger charge is 2.16. The second-order valence-electron chi connectivity index (χ2n) is 4.84. The molecular formula is C15H10Cl3N3O3S. The van der Waals surface area contributed by atoms with Crippen LogP contribution in [0.1, 0.15) is 5.76 Å². The first kappa shape index (κ1) is 18.1. The summed E-state index contributed by atoms with van der Waals surface area (Å²) in [6, 6.07) is 4.72. The first-order valence-electron chi connectivity index (χ1n) is 6.89. The van der Waals surface area contributed by atoms with Crippen molar-refractivity contribution < 1.29 is 13.6 Å². The number of anilines is 1. The van der Waals surface area contributed by atoms with E-state index in [9.17, 15) is 4.79 Å². The molecule has 0 aliphatic rings. The van der Waals surface area contributed by atoms with E-state index >= 15 is 0 Å². The van der Waals surface area contributed by atoms with Gasteiger partial charge in [0.15, 0.2) is 0 Å². The van der Waals surface area contributed by atoms with Gasteiger partial charge in [-0.2, -0.15) is 0 Å². The van der Waals surface area contributed by atoms with Gasteiger partial charge in [-0.05, 0) is 25.1 Å². The van der Waals surface area contributed by atoms with Crippen LogP contribution in [0.15, 0.2) is 38.5 Å². The van der Waals surface area contributed by atoms with Crippen LogP contribution in [0.4, 0.5) is 5.69 Å². The Hall–Kier alpha value is -1.67. The number of nitrogens with one attached hydrogen (secondary N) is 1. The van der Waals surface area contributed by atoms with Crippen molar-refractivity contribution in [3.63, 3.8) is 0 Å². The molecule has 0 fully saturated rings. The first-order valence-corrected chi connectivity index (χ1v) is 9.01. The van der Waals surface area contributed by atoms with Gasteiger partial charge in [0, 0.05) is 5.02 Å². The molecule has 0 aliphatic heterocycles. The van der Waals surface area contributed by atoms with Crippen LogP contribution >= 0.6 is 46.6 Å². The van der Waals surface area contributed by atoms with Crippen LogP contribution in [0.2, 0.25) is 15.1 Å². The molecule has 130 valence electrons. The molecule has 0 bridgehead atoms. The number of aromatic nitrogens is 2. The van der Waals surface area contributed by atoms with Gasteiger partial charge >= 0.3 is 0 Å². The van der Waals surface area contributed by atoms with Gasteiger partial charge in [-0.25, -0.2) is 0 Å². The topological polar surface area (TPSA) is 81.2 Å². The number of rotatable bonds is 5. The number of nitrogens with zero attached hydrogens (tertiary/aromatic N) is 2. The van der Waals surface area contributed by atoms with E-state index in [0.717, 1.165) is 11.8 Å². The summed E-state index contributed by atoms with van der Waals surface area (Å²) in [5, 5.41) is 11.6. The highest BCUT2D eigenvalue weighted by atomic mass is 35.5. The lowest BCUT2D eigenvalue weighted by Gasteiger charge is -2.09. The van der Waals surface area contributed by atoms with Crippen LogP contribution < -0.4 is 5.32 Å². The Balaban J connectivity index is 1.62. The number of thioether (sulfide) groups is 1. The summed E-state index contributed by atoms with van der Waals surface area (Å²) in [6.45, 7) is 1.79. The standard InChI is InChI=1S/C15H10Cl3N3O3S/c1-7-9(2-3-23-7)14-20-21-15(24-14)25-6-12(22)19-13-10(17)4-8(16)5-11(13)18/h2-5H,6H2,1H3,(H,19,22). The Morgan fingerprint density at radius 3 is 2.60 bits per heavy atom. The molecular weight excluding hydrogens is 409 g/mol. The van der Waals surface area contributed by atoms with Crippen molar-refractivity contribution in [3.8, 4) is 11.5 Å². The van der Waals surface area contributed by atoms with E-state index in [-0.39, 0.29) is 26.9 Å². The molecule has 0 spiro atoms. The quantitative estimate of drug-likeness (QED) is 0.564. The average molecular weight is 419 g/mol. The fourth-order valence-electron chi connectivity index (χ4n) is 1.95. The summed E-state index contributed by atoms with van der Waals surface area (Å²) in [6.07, 6.45) is 1.54. The Kier molecular flexibility index (Phi) is 5.58. The van der Waals surface area contributed by atoms with Gasteiger partial charge in [0.1, 0.15) is 5.76 Å². The van der Waals surface area contributed by atoms with Gasteiger partial charge in [0.2, 0.25) is 5.91 Å². The van der Waals surface area contributed by atoms with Gasteiger partial charge in [0.25, 0.3) is 11.1 Å². The Morgan fingerprint density at radius 1 is 1.24 bits per heavy atom. The molecule has 0 unspecified atom stereocenters. The van der Waals surface area contributed by atoms with Crippen molar-refractivity contribution in [1.29, 1.82) is 0 Å². The van der Waals surface area contributed by atoms with Crippen molar-refractivity contribution in [2.75, 3.05) is 11.1 Å². The Morgan fingerprint density at radius 2 is 1.96 bits per heavy atom. The molecule has 0 saturated heterocycles. The van der Waals surface area contributed by atoms with Crippen molar-refractivity contribution in [2.24, 2.45) is 0 Å².